The lowest BCUT2D eigenvalue weighted by Crippen LogP contribution is -2.69. The van der Waals surface area contributed by atoms with Gasteiger partial charge in [0.2, 0.25) is 5.91 Å². The number of aromatic hydroxyl groups is 1. The number of hydrogen-bond donors (Lipinski definition) is 2. The fraction of sp³-hybridized carbons (Fsp3) is 0.708. The third kappa shape index (κ3) is 2.79. The van der Waals surface area contributed by atoms with Crippen molar-refractivity contribution < 1.29 is 15.0 Å². The van der Waals surface area contributed by atoms with Gasteiger partial charge < -0.3 is 15.1 Å². The van der Waals surface area contributed by atoms with Crippen LogP contribution in [0.1, 0.15) is 43.2 Å². The van der Waals surface area contributed by atoms with Crippen molar-refractivity contribution in [1.82, 2.24) is 9.80 Å². The molecule has 6 heteroatoms. The molecule has 1 aromatic carbocycles. The lowest BCUT2D eigenvalue weighted by Gasteiger charge is -2.59. The molecule has 5 nitrogen and oxygen atoms in total. The predicted molar refractivity (Wildman–Crippen MR) is 118 cm³/mol. The minimum absolute atomic E-state index is 0.0820. The molecular formula is C24H32N2O3S. The number of aliphatic hydroxyl groups is 1. The Morgan fingerprint density at radius 1 is 1.17 bits per heavy atom. The summed E-state index contributed by atoms with van der Waals surface area (Å²) in [6.07, 6.45) is 5.61. The zero-order valence-corrected chi connectivity index (χ0v) is 18.4. The molecule has 1 aromatic rings. The van der Waals surface area contributed by atoms with Crippen LogP contribution in [0.5, 0.6) is 5.75 Å². The van der Waals surface area contributed by atoms with Gasteiger partial charge >= 0.3 is 0 Å². The molecule has 30 heavy (non-hydrogen) atoms. The van der Waals surface area contributed by atoms with Crippen molar-refractivity contribution >= 4 is 17.7 Å². The number of thioether (sulfide) groups is 1. The van der Waals surface area contributed by atoms with Crippen LogP contribution in [-0.4, -0.2) is 75.2 Å². The highest BCUT2D eigenvalue weighted by Gasteiger charge is 2.68. The van der Waals surface area contributed by atoms with E-state index in [0.717, 1.165) is 68.4 Å². The van der Waals surface area contributed by atoms with Gasteiger partial charge in [-0.25, -0.2) is 0 Å². The number of carbonyl (C=O) groups is 1. The van der Waals surface area contributed by atoms with Gasteiger partial charge in [-0.05, 0) is 74.2 Å². The molecule has 4 fully saturated rings. The minimum Gasteiger partial charge on any atom is -0.508 e. The minimum atomic E-state index is -0.883. The highest BCUT2D eigenvalue weighted by molar-refractivity contribution is 7.99. The third-order valence-corrected chi connectivity index (χ3v) is 9.63. The van der Waals surface area contributed by atoms with Crippen LogP contribution in [0.25, 0.3) is 0 Å². The van der Waals surface area contributed by atoms with Crippen LogP contribution in [0, 0.1) is 11.8 Å². The first-order valence-electron chi connectivity index (χ1n) is 11.7. The first-order chi connectivity index (χ1) is 14.5. The number of likely N-dealkylation sites (tertiary alicyclic amines) is 1. The SMILES string of the molecule is O=C([C@@H]1C[C@]23CCN(CC4CC4)[C@H](Cc4ccc(O)cc42)[C@]3(O)C1)N1CCSCC1. The summed E-state index contributed by atoms with van der Waals surface area (Å²) in [4.78, 5) is 18.0. The number of piperidine rings is 1. The Labute approximate surface area is 182 Å². The molecule has 0 radical (unpaired) electrons. The number of rotatable bonds is 3. The lowest BCUT2D eigenvalue weighted by atomic mass is 9.56. The summed E-state index contributed by atoms with van der Waals surface area (Å²) in [5.74, 6) is 3.22. The van der Waals surface area contributed by atoms with Gasteiger partial charge in [0, 0.05) is 48.5 Å². The molecule has 162 valence electrons. The molecule has 4 atom stereocenters. The predicted octanol–water partition coefficient (Wildman–Crippen LogP) is 2.39. The van der Waals surface area contributed by atoms with E-state index in [-0.39, 0.29) is 23.6 Å². The molecule has 1 amide bonds. The second-order valence-electron chi connectivity index (χ2n) is 10.3. The summed E-state index contributed by atoms with van der Waals surface area (Å²) in [6.45, 7) is 3.73. The van der Waals surface area contributed by atoms with Crippen LogP contribution in [0.2, 0.25) is 0 Å². The van der Waals surface area contributed by atoms with Crippen LogP contribution in [-0.2, 0) is 16.6 Å². The van der Waals surface area contributed by atoms with E-state index in [1.165, 1.54) is 18.4 Å². The number of benzene rings is 1. The van der Waals surface area contributed by atoms with Crippen molar-refractivity contribution in [3.63, 3.8) is 0 Å². The zero-order chi connectivity index (χ0) is 20.5. The smallest absolute Gasteiger partial charge is 0.225 e. The maximum Gasteiger partial charge on any atom is 0.225 e. The molecule has 3 aliphatic carbocycles. The van der Waals surface area contributed by atoms with E-state index in [2.05, 4.69) is 11.0 Å². The second-order valence-corrected chi connectivity index (χ2v) is 11.5. The van der Waals surface area contributed by atoms with Gasteiger partial charge in [-0.15, -0.1) is 0 Å². The van der Waals surface area contributed by atoms with Gasteiger partial charge in [-0.3, -0.25) is 9.69 Å². The Balaban J connectivity index is 1.39. The quantitative estimate of drug-likeness (QED) is 0.774. The highest BCUT2D eigenvalue weighted by Crippen LogP contribution is 2.62. The largest absolute Gasteiger partial charge is 0.508 e. The summed E-state index contributed by atoms with van der Waals surface area (Å²) < 4.78 is 0. The van der Waals surface area contributed by atoms with Crippen molar-refractivity contribution in [2.24, 2.45) is 11.8 Å². The molecule has 2 N–H and O–H groups in total. The standard InChI is InChI=1S/C24H32N2O3S/c27-19-4-3-17-11-21-24(29)14-18(22(28)25-7-9-30-10-8-25)13-23(24,20(17)12-19)5-6-26(21)15-16-1-2-16/h3-4,12,16,18,21,27,29H,1-2,5-11,13-15H2/t18-,21-,23-,24-/m1/s1. The first kappa shape index (κ1) is 19.4. The average molecular weight is 429 g/mol. The van der Waals surface area contributed by atoms with Crippen molar-refractivity contribution in [2.45, 2.75) is 55.6 Å². The number of amides is 1. The molecule has 2 saturated carbocycles. The van der Waals surface area contributed by atoms with Gasteiger partial charge in [-0.1, -0.05) is 6.07 Å². The van der Waals surface area contributed by atoms with Gasteiger partial charge in [0.1, 0.15) is 5.75 Å². The fourth-order valence-corrected chi connectivity index (χ4v) is 7.95. The van der Waals surface area contributed by atoms with E-state index in [0.29, 0.717) is 6.42 Å². The second kappa shape index (κ2) is 6.88. The van der Waals surface area contributed by atoms with Gasteiger partial charge in [0.15, 0.2) is 0 Å². The van der Waals surface area contributed by atoms with Crippen LogP contribution in [0.3, 0.4) is 0 Å². The number of phenolic OH excluding ortho intramolecular Hbond substituents is 1. The molecule has 0 unspecified atom stereocenters. The van der Waals surface area contributed by atoms with E-state index in [4.69, 9.17) is 0 Å². The molecular weight excluding hydrogens is 396 g/mol. The highest BCUT2D eigenvalue weighted by atomic mass is 32.2. The van der Waals surface area contributed by atoms with Gasteiger partial charge in [-0.2, -0.15) is 11.8 Å². The Kier molecular flexibility index (Phi) is 4.46. The Hall–Kier alpha value is -1.24. The van der Waals surface area contributed by atoms with Crippen LogP contribution >= 0.6 is 11.8 Å². The van der Waals surface area contributed by atoms with Crippen molar-refractivity contribution in [2.75, 3.05) is 37.7 Å². The van der Waals surface area contributed by atoms with Crippen LogP contribution in [0.15, 0.2) is 18.2 Å². The number of phenols is 1. The Morgan fingerprint density at radius 2 is 1.97 bits per heavy atom. The zero-order valence-electron chi connectivity index (χ0n) is 17.6. The lowest BCUT2D eigenvalue weighted by molar-refractivity contribution is -0.139. The van der Waals surface area contributed by atoms with Crippen molar-refractivity contribution in [3.8, 4) is 5.75 Å². The normalized spacial score (nSPS) is 38.2. The number of nitrogens with zero attached hydrogens (tertiary/aromatic N) is 2. The number of fused-ring (bicyclic) bond motifs is 1. The number of hydrogen-bond acceptors (Lipinski definition) is 5. The average Bonchev–Trinajstić information content (AvgIpc) is 3.50. The van der Waals surface area contributed by atoms with E-state index >= 15 is 0 Å². The van der Waals surface area contributed by atoms with E-state index < -0.39 is 11.0 Å². The third-order valence-electron chi connectivity index (χ3n) is 8.68. The monoisotopic (exact) mass is 428 g/mol. The van der Waals surface area contributed by atoms with Crippen molar-refractivity contribution in [1.29, 1.82) is 0 Å². The Bertz CT molecular complexity index is 868. The molecule has 2 bridgehead atoms. The van der Waals surface area contributed by atoms with Gasteiger partial charge in [0.05, 0.1) is 5.60 Å². The maximum absolute atomic E-state index is 13.5. The summed E-state index contributed by atoms with van der Waals surface area (Å²) in [5.41, 5.74) is 1.07. The molecule has 2 saturated heterocycles. The van der Waals surface area contributed by atoms with E-state index in [1.54, 1.807) is 6.07 Å². The fourth-order valence-electron chi connectivity index (χ4n) is 7.05. The Morgan fingerprint density at radius 3 is 2.73 bits per heavy atom. The molecule has 0 aromatic heterocycles. The first-order valence-corrected chi connectivity index (χ1v) is 12.8. The molecule has 5 aliphatic rings. The molecule has 2 aliphatic heterocycles. The van der Waals surface area contributed by atoms with Crippen LogP contribution < -0.4 is 0 Å². The van der Waals surface area contributed by atoms with Crippen molar-refractivity contribution in [3.05, 3.63) is 29.3 Å². The summed E-state index contributed by atoms with van der Waals surface area (Å²) in [7, 11) is 0. The summed E-state index contributed by atoms with van der Waals surface area (Å²) >= 11 is 1.92. The summed E-state index contributed by atoms with van der Waals surface area (Å²) in [5, 5.41) is 22.6. The maximum atomic E-state index is 13.5. The molecule has 6 rings (SSSR count). The topological polar surface area (TPSA) is 64.0 Å². The van der Waals surface area contributed by atoms with Gasteiger partial charge in [0.25, 0.3) is 0 Å². The summed E-state index contributed by atoms with van der Waals surface area (Å²) in [6, 6.07) is 5.80. The van der Waals surface area contributed by atoms with Crippen LogP contribution in [0.4, 0.5) is 0 Å². The van der Waals surface area contributed by atoms with E-state index in [1.807, 2.05) is 22.7 Å². The number of carbonyl (C=O) groups excluding carboxylic acids is 1. The molecule has 0 spiro atoms. The molecule has 2 heterocycles. The van der Waals surface area contributed by atoms with E-state index in [9.17, 15) is 15.0 Å².